The number of thiophene rings is 1. The van der Waals surface area contributed by atoms with Gasteiger partial charge in [-0.15, -0.1) is 11.3 Å². The summed E-state index contributed by atoms with van der Waals surface area (Å²) in [6, 6.07) is 14.5. The van der Waals surface area contributed by atoms with E-state index < -0.39 is 5.91 Å². The fourth-order valence-electron chi connectivity index (χ4n) is 4.36. The second-order valence-corrected chi connectivity index (χ2v) is 9.27. The maximum Gasteiger partial charge on any atom is 0.265 e. The van der Waals surface area contributed by atoms with Crippen LogP contribution in [0.1, 0.15) is 49.6 Å². The molecule has 2 aromatic carbocycles. The van der Waals surface area contributed by atoms with Crippen LogP contribution in [0.15, 0.2) is 48.5 Å². The lowest BCUT2D eigenvalue weighted by Gasteiger charge is -2.29. The van der Waals surface area contributed by atoms with E-state index in [0.29, 0.717) is 28.4 Å². The average Bonchev–Trinajstić information content (AvgIpc) is 3.19. The molecule has 2 heterocycles. The number of nitrogens with two attached hydrogens (primary N) is 1. The molecule has 3 N–H and O–H groups in total. The lowest BCUT2D eigenvalue weighted by atomic mass is 9.95. The summed E-state index contributed by atoms with van der Waals surface area (Å²) in [7, 11) is 0. The summed E-state index contributed by atoms with van der Waals surface area (Å²) < 4.78 is 5.49. The van der Waals surface area contributed by atoms with Crippen molar-refractivity contribution < 1.29 is 19.1 Å². The first-order chi connectivity index (χ1) is 16.0. The topological polar surface area (TPSA) is 102 Å². The van der Waals surface area contributed by atoms with Gasteiger partial charge in [0.2, 0.25) is 0 Å². The van der Waals surface area contributed by atoms with Crippen molar-refractivity contribution in [2.24, 2.45) is 5.73 Å². The standard InChI is InChI=1S/C25H23N3O4S/c26-23(30)22-17-5-1-4-8-20(17)33-25(22)27-24(31)16-11-9-15(10-12-16)13-28-18-6-2-3-7-19(18)32-14-21(28)29/h2-3,6-7,9-12H,1,4-5,8,13-14H2,(H2,26,30)(H,27,31). The number of amides is 3. The largest absolute Gasteiger partial charge is 0.482 e. The van der Waals surface area contributed by atoms with Crippen LogP contribution in [0.3, 0.4) is 0 Å². The van der Waals surface area contributed by atoms with E-state index >= 15 is 0 Å². The van der Waals surface area contributed by atoms with E-state index in [-0.39, 0.29) is 18.4 Å². The number of nitrogens with one attached hydrogen (secondary N) is 1. The number of hydrogen-bond acceptors (Lipinski definition) is 5. The minimum atomic E-state index is -0.504. The van der Waals surface area contributed by atoms with E-state index in [0.717, 1.165) is 47.4 Å². The van der Waals surface area contributed by atoms with E-state index in [2.05, 4.69) is 5.32 Å². The Bertz CT molecular complexity index is 1250. The molecule has 1 aliphatic heterocycles. The summed E-state index contributed by atoms with van der Waals surface area (Å²) in [6.07, 6.45) is 3.83. The number of aryl methyl sites for hydroxylation is 1. The van der Waals surface area contributed by atoms with Gasteiger partial charge in [0, 0.05) is 10.4 Å². The Morgan fingerprint density at radius 3 is 2.61 bits per heavy atom. The quantitative estimate of drug-likeness (QED) is 0.602. The molecule has 0 bridgehead atoms. The van der Waals surface area contributed by atoms with Gasteiger partial charge < -0.3 is 20.7 Å². The summed E-state index contributed by atoms with van der Waals surface area (Å²) in [6.45, 7) is 0.384. The number of anilines is 2. The molecule has 0 saturated heterocycles. The number of primary amides is 1. The highest BCUT2D eigenvalue weighted by molar-refractivity contribution is 7.17. The number of fused-ring (bicyclic) bond motifs is 2. The second kappa shape index (κ2) is 8.71. The summed E-state index contributed by atoms with van der Waals surface area (Å²) in [5.74, 6) is -0.237. The monoisotopic (exact) mass is 461 g/mol. The van der Waals surface area contributed by atoms with Crippen LogP contribution in [-0.4, -0.2) is 24.3 Å². The van der Waals surface area contributed by atoms with Gasteiger partial charge in [0.15, 0.2) is 6.61 Å². The minimum absolute atomic E-state index is 0.00445. The molecule has 3 aromatic rings. The van der Waals surface area contributed by atoms with Crippen LogP contribution in [0, 0.1) is 0 Å². The van der Waals surface area contributed by atoms with E-state index in [1.54, 1.807) is 17.0 Å². The molecule has 7 nitrogen and oxygen atoms in total. The Morgan fingerprint density at radius 1 is 1.06 bits per heavy atom. The average molecular weight is 462 g/mol. The number of carbonyl (C=O) groups excluding carboxylic acids is 3. The first-order valence-electron chi connectivity index (χ1n) is 10.9. The van der Waals surface area contributed by atoms with Gasteiger partial charge in [0.25, 0.3) is 17.7 Å². The van der Waals surface area contributed by atoms with Crippen molar-refractivity contribution in [3.63, 3.8) is 0 Å². The van der Waals surface area contributed by atoms with Crippen LogP contribution >= 0.6 is 11.3 Å². The maximum atomic E-state index is 12.9. The van der Waals surface area contributed by atoms with Crippen LogP contribution in [0.25, 0.3) is 0 Å². The third-order valence-corrected chi connectivity index (χ3v) is 7.22. The van der Waals surface area contributed by atoms with Crippen LogP contribution in [0.2, 0.25) is 0 Å². The number of ether oxygens (including phenoxy) is 1. The summed E-state index contributed by atoms with van der Waals surface area (Å²) >= 11 is 1.44. The minimum Gasteiger partial charge on any atom is -0.482 e. The Kier molecular flexibility index (Phi) is 5.60. The Hall–Kier alpha value is -3.65. The first-order valence-corrected chi connectivity index (χ1v) is 11.7. The SMILES string of the molecule is NC(=O)c1c(NC(=O)c2ccc(CN3C(=O)COc4ccccc43)cc2)sc2c1CCCC2. The van der Waals surface area contributed by atoms with Gasteiger partial charge >= 0.3 is 0 Å². The van der Waals surface area contributed by atoms with Crippen LogP contribution < -0.4 is 20.7 Å². The molecule has 1 aliphatic carbocycles. The van der Waals surface area contributed by atoms with Gasteiger partial charge in [-0.25, -0.2) is 0 Å². The first kappa shape index (κ1) is 21.2. The lowest BCUT2D eigenvalue weighted by molar-refractivity contribution is -0.121. The number of nitrogens with zero attached hydrogens (tertiary/aromatic N) is 1. The highest BCUT2D eigenvalue weighted by Gasteiger charge is 2.26. The molecule has 0 unspecified atom stereocenters. The number of para-hydroxylation sites is 2. The highest BCUT2D eigenvalue weighted by Crippen LogP contribution is 2.38. The molecule has 1 aromatic heterocycles. The van der Waals surface area contributed by atoms with Gasteiger partial charge in [-0.3, -0.25) is 14.4 Å². The zero-order valence-electron chi connectivity index (χ0n) is 17.9. The van der Waals surface area contributed by atoms with Crippen LogP contribution in [-0.2, 0) is 24.2 Å². The number of carbonyl (C=O) groups is 3. The fourth-order valence-corrected chi connectivity index (χ4v) is 5.65. The van der Waals surface area contributed by atoms with Crippen molar-refractivity contribution in [1.29, 1.82) is 0 Å². The van der Waals surface area contributed by atoms with Gasteiger partial charge in [-0.05, 0) is 61.1 Å². The summed E-state index contributed by atoms with van der Waals surface area (Å²) in [5.41, 5.74) is 9.15. The van der Waals surface area contributed by atoms with E-state index in [9.17, 15) is 14.4 Å². The fraction of sp³-hybridized carbons (Fsp3) is 0.240. The molecule has 0 spiro atoms. The lowest BCUT2D eigenvalue weighted by Crippen LogP contribution is -2.38. The van der Waals surface area contributed by atoms with Crippen LogP contribution in [0.5, 0.6) is 5.75 Å². The zero-order valence-corrected chi connectivity index (χ0v) is 18.7. The van der Waals surface area contributed by atoms with E-state index in [4.69, 9.17) is 10.5 Å². The molecule has 3 amide bonds. The van der Waals surface area contributed by atoms with Crippen molar-refractivity contribution in [1.82, 2.24) is 0 Å². The predicted molar refractivity (Wildman–Crippen MR) is 127 cm³/mol. The molecular formula is C25H23N3O4S. The molecule has 0 atom stereocenters. The Morgan fingerprint density at radius 2 is 1.82 bits per heavy atom. The normalized spacial score (nSPS) is 14.8. The number of benzene rings is 2. The molecule has 0 radical (unpaired) electrons. The highest BCUT2D eigenvalue weighted by atomic mass is 32.1. The molecule has 0 fully saturated rings. The van der Waals surface area contributed by atoms with E-state index in [1.807, 2.05) is 36.4 Å². The second-order valence-electron chi connectivity index (χ2n) is 8.17. The van der Waals surface area contributed by atoms with Crippen LogP contribution in [0.4, 0.5) is 10.7 Å². The molecule has 5 rings (SSSR count). The van der Waals surface area contributed by atoms with Gasteiger partial charge in [0.05, 0.1) is 17.8 Å². The van der Waals surface area contributed by atoms with Gasteiger partial charge in [-0.2, -0.15) is 0 Å². The van der Waals surface area contributed by atoms with Crippen molar-refractivity contribution in [2.45, 2.75) is 32.2 Å². The van der Waals surface area contributed by atoms with Crippen molar-refractivity contribution in [2.75, 3.05) is 16.8 Å². The van der Waals surface area contributed by atoms with Crippen molar-refractivity contribution in [3.05, 3.63) is 75.7 Å². The van der Waals surface area contributed by atoms with Gasteiger partial charge in [0.1, 0.15) is 10.8 Å². The smallest absolute Gasteiger partial charge is 0.265 e. The molecule has 2 aliphatic rings. The molecular weight excluding hydrogens is 438 g/mol. The summed E-state index contributed by atoms with van der Waals surface area (Å²) in [5, 5.41) is 3.41. The molecule has 8 heteroatoms. The van der Waals surface area contributed by atoms with Gasteiger partial charge in [-0.1, -0.05) is 24.3 Å². The zero-order chi connectivity index (χ0) is 22.9. The predicted octanol–water partition coefficient (Wildman–Crippen LogP) is 3.90. The Labute approximate surface area is 195 Å². The molecule has 0 saturated carbocycles. The third-order valence-electron chi connectivity index (χ3n) is 6.01. The van der Waals surface area contributed by atoms with E-state index in [1.165, 1.54) is 11.3 Å². The number of rotatable bonds is 5. The number of hydrogen-bond donors (Lipinski definition) is 2. The van der Waals surface area contributed by atoms with Crippen molar-refractivity contribution >= 4 is 39.7 Å². The third kappa shape index (κ3) is 4.09. The summed E-state index contributed by atoms with van der Waals surface area (Å²) in [4.78, 5) is 40.2. The molecule has 168 valence electrons. The van der Waals surface area contributed by atoms with Crippen molar-refractivity contribution in [3.8, 4) is 5.75 Å². The molecule has 33 heavy (non-hydrogen) atoms. The Balaban J connectivity index is 1.33. The maximum absolute atomic E-state index is 12.9.